The van der Waals surface area contributed by atoms with Gasteiger partial charge < -0.3 is 9.64 Å². The van der Waals surface area contributed by atoms with E-state index in [1.807, 2.05) is 17.9 Å². The van der Waals surface area contributed by atoms with Crippen molar-refractivity contribution in [1.29, 1.82) is 0 Å². The summed E-state index contributed by atoms with van der Waals surface area (Å²) in [5, 5.41) is 0. The van der Waals surface area contributed by atoms with Crippen molar-refractivity contribution in [3.63, 3.8) is 0 Å². The van der Waals surface area contributed by atoms with Crippen LogP contribution in [0, 0.1) is 6.92 Å². The van der Waals surface area contributed by atoms with Crippen molar-refractivity contribution in [2.24, 2.45) is 0 Å². The molecular weight excluding hydrogens is 366 g/mol. The maximum absolute atomic E-state index is 13.0. The molecule has 0 bridgehead atoms. The highest BCUT2D eigenvalue weighted by atomic mass is 32.2. The summed E-state index contributed by atoms with van der Waals surface area (Å²) in [6, 6.07) is 6.90. The number of sulfonamides is 1. The SMILES string of the molecule is COCCN1CCC(N2CCCN(S(=O)(=O)c3cccc(C)c3)CC2)C1=O. The van der Waals surface area contributed by atoms with Crippen LogP contribution < -0.4 is 0 Å². The number of nitrogens with zero attached hydrogens (tertiary/aromatic N) is 3. The summed E-state index contributed by atoms with van der Waals surface area (Å²) in [7, 11) is -1.86. The smallest absolute Gasteiger partial charge is 0.243 e. The zero-order chi connectivity index (χ0) is 19.4. The number of amides is 1. The molecule has 1 aromatic rings. The molecule has 0 saturated carbocycles. The Morgan fingerprint density at radius 3 is 2.70 bits per heavy atom. The fourth-order valence-electron chi connectivity index (χ4n) is 3.88. The van der Waals surface area contributed by atoms with E-state index in [1.54, 1.807) is 29.6 Å². The maximum atomic E-state index is 13.0. The third-order valence-electron chi connectivity index (χ3n) is 5.39. The molecule has 1 unspecified atom stereocenters. The fraction of sp³-hybridized carbons (Fsp3) is 0.632. The number of carbonyl (C=O) groups excluding carboxylic acids is 1. The number of aryl methyl sites for hydroxylation is 1. The molecule has 2 heterocycles. The Labute approximate surface area is 161 Å². The summed E-state index contributed by atoms with van der Waals surface area (Å²) in [6.07, 6.45) is 1.53. The highest BCUT2D eigenvalue weighted by Crippen LogP contribution is 2.22. The number of hydrogen-bond donors (Lipinski definition) is 0. The molecule has 0 radical (unpaired) electrons. The van der Waals surface area contributed by atoms with Gasteiger partial charge in [0.15, 0.2) is 0 Å². The van der Waals surface area contributed by atoms with Crippen LogP contribution >= 0.6 is 0 Å². The molecule has 0 aromatic heterocycles. The van der Waals surface area contributed by atoms with Gasteiger partial charge in [0.1, 0.15) is 0 Å². The van der Waals surface area contributed by atoms with E-state index in [0.29, 0.717) is 37.7 Å². The van der Waals surface area contributed by atoms with Crippen LogP contribution in [0.15, 0.2) is 29.2 Å². The third-order valence-corrected chi connectivity index (χ3v) is 7.29. The fourth-order valence-corrected chi connectivity index (χ4v) is 5.45. The Morgan fingerprint density at radius 1 is 1.15 bits per heavy atom. The second-order valence-electron chi connectivity index (χ2n) is 7.23. The molecule has 0 spiro atoms. The number of methoxy groups -OCH3 is 1. The summed E-state index contributed by atoms with van der Waals surface area (Å²) in [6.45, 7) is 6.03. The van der Waals surface area contributed by atoms with Gasteiger partial charge in [0, 0.05) is 46.4 Å². The molecule has 2 aliphatic heterocycles. The van der Waals surface area contributed by atoms with Crippen LogP contribution in [0.3, 0.4) is 0 Å². The Kier molecular flexibility index (Phi) is 6.52. The van der Waals surface area contributed by atoms with Gasteiger partial charge in [0.2, 0.25) is 15.9 Å². The first-order valence-corrected chi connectivity index (χ1v) is 11.0. The second kappa shape index (κ2) is 8.68. The minimum absolute atomic E-state index is 0.136. The van der Waals surface area contributed by atoms with Crippen molar-refractivity contribution >= 4 is 15.9 Å². The molecule has 150 valence electrons. The molecule has 0 N–H and O–H groups in total. The van der Waals surface area contributed by atoms with E-state index >= 15 is 0 Å². The molecule has 8 heteroatoms. The van der Waals surface area contributed by atoms with Crippen LogP contribution in [-0.2, 0) is 19.6 Å². The normalized spacial score (nSPS) is 23.0. The van der Waals surface area contributed by atoms with Crippen LogP contribution in [0.4, 0.5) is 0 Å². The Morgan fingerprint density at radius 2 is 1.96 bits per heavy atom. The summed E-state index contributed by atoms with van der Waals surface area (Å²) in [5.74, 6) is 0.141. The number of ether oxygens (including phenoxy) is 1. The number of rotatable bonds is 6. The van der Waals surface area contributed by atoms with Gasteiger partial charge in [-0.1, -0.05) is 12.1 Å². The van der Waals surface area contributed by atoms with Gasteiger partial charge in [0.25, 0.3) is 0 Å². The number of likely N-dealkylation sites (tertiary alicyclic amines) is 1. The number of benzene rings is 1. The van der Waals surface area contributed by atoms with E-state index < -0.39 is 10.0 Å². The molecule has 3 rings (SSSR count). The van der Waals surface area contributed by atoms with E-state index in [4.69, 9.17) is 4.74 Å². The second-order valence-corrected chi connectivity index (χ2v) is 9.17. The van der Waals surface area contributed by atoms with Crippen LogP contribution in [0.25, 0.3) is 0 Å². The lowest BCUT2D eigenvalue weighted by Gasteiger charge is -2.26. The van der Waals surface area contributed by atoms with Crippen LogP contribution in [-0.4, -0.2) is 87.5 Å². The van der Waals surface area contributed by atoms with E-state index in [-0.39, 0.29) is 11.9 Å². The summed E-state index contributed by atoms with van der Waals surface area (Å²) < 4.78 is 32.6. The van der Waals surface area contributed by atoms with E-state index in [0.717, 1.165) is 31.5 Å². The van der Waals surface area contributed by atoms with Crippen molar-refractivity contribution in [1.82, 2.24) is 14.1 Å². The lowest BCUT2D eigenvalue weighted by molar-refractivity contribution is -0.132. The standard InChI is InChI=1S/C19H29N3O4S/c1-16-5-3-6-17(15-16)27(24,25)22-9-4-8-20(11-12-22)18-7-10-21(19(18)23)13-14-26-2/h3,5-6,15,18H,4,7-14H2,1-2H3. The molecule has 2 saturated heterocycles. The molecular formula is C19H29N3O4S. The molecule has 0 aliphatic carbocycles. The first kappa shape index (κ1) is 20.3. The van der Waals surface area contributed by atoms with Crippen molar-refractivity contribution in [3.8, 4) is 0 Å². The first-order chi connectivity index (χ1) is 12.9. The van der Waals surface area contributed by atoms with Crippen molar-refractivity contribution in [2.75, 3.05) is 53.0 Å². The zero-order valence-corrected chi connectivity index (χ0v) is 17.0. The monoisotopic (exact) mass is 395 g/mol. The predicted octanol–water partition coefficient (Wildman–Crippen LogP) is 0.939. The lowest BCUT2D eigenvalue weighted by Crippen LogP contribution is -2.44. The van der Waals surface area contributed by atoms with Crippen molar-refractivity contribution in [2.45, 2.75) is 30.7 Å². The summed E-state index contributed by atoms with van der Waals surface area (Å²) in [4.78, 5) is 17.0. The highest BCUT2D eigenvalue weighted by molar-refractivity contribution is 7.89. The van der Waals surface area contributed by atoms with Crippen molar-refractivity contribution < 1.29 is 17.9 Å². The van der Waals surface area contributed by atoms with E-state index in [2.05, 4.69) is 4.90 Å². The van der Waals surface area contributed by atoms with E-state index in [1.165, 1.54) is 0 Å². The first-order valence-electron chi connectivity index (χ1n) is 9.52. The summed E-state index contributed by atoms with van der Waals surface area (Å²) in [5.41, 5.74) is 0.931. The highest BCUT2D eigenvalue weighted by Gasteiger charge is 2.37. The van der Waals surface area contributed by atoms with Crippen LogP contribution in [0.5, 0.6) is 0 Å². The topological polar surface area (TPSA) is 70.2 Å². The largest absolute Gasteiger partial charge is 0.383 e. The van der Waals surface area contributed by atoms with Gasteiger partial charge in [-0.25, -0.2) is 8.42 Å². The Balaban J connectivity index is 1.65. The van der Waals surface area contributed by atoms with Gasteiger partial charge in [-0.15, -0.1) is 0 Å². The molecule has 1 amide bonds. The van der Waals surface area contributed by atoms with Crippen LogP contribution in [0.2, 0.25) is 0 Å². The third kappa shape index (κ3) is 4.51. The minimum atomic E-state index is -3.50. The summed E-state index contributed by atoms with van der Waals surface area (Å²) >= 11 is 0. The van der Waals surface area contributed by atoms with Crippen molar-refractivity contribution in [3.05, 3.63) is 29.8 Å². The van der Waals surface area contributed by atoms with Gasteiger partial charge in [-0.3, -0.25) is 9.69 Å². The molecule has 1 atom stereocenters. The molecule has 2 aliphatic rings. The average molecular weight is 396 g/mol. The zero-order valence-electron chi connectivity index (χ0n) is 16.1. The average Bonchev–Trinajstić information content (AvgIpc) is 2.85. The number of carbonyl (C=O) groups is 1. The Bertz CT molecular complexity index is 768. The quantitative estimate of drug-likeness (QED) is 0.717. The Hall–Kier alpha value is -1.48. The molecule has 7 nitrogen and oxygen atoms in total. The predicted molar refractivity (Wildman–Crippen MR) is 103 cm³/mol. The van der Waals surface area contributed by atoms with Crippen LogP contribution in [0.1, 0.15) is 18.4 Å². The van der Waals surface area contributed by atoms with Gasteiger partial charge >= 0.3 is 0 Å². The van der Waals surface area contributed by atoms with Gasteiger partial charge in [-0.2, -0.15) is 4.31 Å². The number of hydrogen-bond acceptors (Lipinski definition) is 5. The molecule has 1 aromatic carbocycles. The lowest BCUT2D eigenvalue weighted by atomic mass is 10.2. The maximum Gasteiger partial charge on any atom is 0.243 e. The molecule has 2 fully saturated rings. The minimum Gasteiger partial charge on any atom is -0.383 e. The van der Waals surface area contributed by atoms with Gasteiger partial charge in [-0.05, 0) is 37.5 Å². The molecule has 27 heavy (non-hydrogen) atoms. The van der Waals surface area contributed by atoms with Gasteiger partial charge in [0.05, 0.1) is 17.5 Å². The van der Waals surface area contributed by atoms with E-state index in [9.17, 15) is 13.2 Å².